The van der Waals surface area contributed by atoms with Crippen LogP contribution in [0.25, 0.3) is 21.8 Å². The summed E-state index contributed by atoms with van der Waals surface area (Å²) < 4.78 is 1.33. The summed E-state index contributed by atoms with van der Waals surface area (Å²) in [6.45, 7) is 0.317. The molecule has 0 saturated carbocycles. The zero-order valence-corrected chi connectivity index (χ0v) is 12.2. The number of H-pyrrole nitrogens is 1. The molecular formula is C18H13N3O2. The quantitative estimate of drug-likeness (QED) is 0.578. The number of aromatic nitrogens is 3. The molecule has 23 heavy (non-hydrogen) atoms. The SMILES string of the molecule is O=c1[nH]n(Cc2ccccc2)c(=O)c2cc3ccccc3nc12. The molecule has 5 heteroatoms. The van der Waals surface area contributed by atoms with Gasteiger partial charge in [-0.1, -0.05) is 48.5 Å². The minimum Gasteiger partial charge on any atom is -0.267 e. The molecule has 0 aliphatic heterocycles. The van der Waals surface area contributed by atoms with E-state index in [2.05, 4.69) is 10.1 Å². The number of hydrogen-bond donors (Lipinski definition) is 1. The summed E-state index contributed by atoms with van der Waals surface area (Å²) in [5, 5.41) is 3.80. The van der Waals surface area contributed by atoms with Crippen LogP contribution in [0.4, 0.5) is 0 Å². The molecule has 0 fully saturated rings. The monoisotopic (exact) mass is 303 g/mol. The number of pyridine rings is 1. The summed E-state index contributed by atoms with van der Waals surface area (Å²) in [4.78, 5) is 29.3. The van der Waals surface area contributed by atoms with Crippen LogP contribution in [0, 0.1) is 0 Å². The summed E-state index contributed by atoms with van der Waals surface area (Å²) >= 11 is 0. The summed E-state index contributed by atoms with van der Waals surface area (Å²) in [5.74, 6) is 0. The standard InChI is InChI=1S/C18H13N3O2/c22-17-16-14(10-13-8-4-5-9-15(13)19-16)18(23)21(20-17)11-12-6-2-1-3-7-12/h1-10H,11H2,(H,20,22). The van der Waals surface area contributed by atoms with Crippen molar-refractivity contribution >= 4 is 21.8 Å². The van der Waals surface area contributed by atoms with Gasteiger partial charge in [0.25, 0.3) is 11.1 Å². The zero-order chi connectivity index (χ0) is 15.8. The van der Waals surface area contributed by atoms with Gasteiger partial charge in [0.2, 0.25) is 0 Å². The lowest BCUT2D eigenvalue weighted by Crippen LogP contribution is -2.30. The minimum atomic E-state index is -0.360. The Balaban J connectivity index is 1.97. The van der Waals surface area contributed by atoms with Crippen LogP contribution in [0.15, 0.2) is 70.3 Å². The highest BCUT2D eigenvalue weighted by Gasteiger charge is 2.10. The van der Waals surface area contributed by atoms with Gasteiger partial charge in [-0.15, -0.1) is 0 Å². The first kappa shape index (κ1) is 13.5. The molecule has 2 aromatic heterocycles. The van der Waals surface area contributed by atoms with E-state index < -0.39 is 0 Å². The van der Waals surface area contributed by atoms with Crippen molar-refractivity contribution in [2.45, 2.75) is 6.54 Å². The van der Waals surface area contributed by atoms with Crippen molar-refractivity contribution in [2.24, 2.45) is 0 Å². The van der Waals surface area contributed by atoms with E-state index in [1.807, 2.05) is 54.6 Å². The summed E-state index contributed by atoms with van der Waals surface area (Å²) in [5.41, 5.74) is 1.21. The van der Waals surface area contributed by atoms with Crippen LogP contribution < -0.4 is 11.1 Å². The van der Waals surface area contributed by atoms with Crippen molar-refractivity contribution in [3.8, 4) is 0 Å². The Morgan fingerprint density at radius 1 is 0.957 bits per heavy atom. The van der Waals surface area contributed by atoms with E-state index in [4.69, 9.17) is 0 Å². The van der Waals surface area contributed by atoms with Gasteiger partial charge in [-0.2, -0.15) is 0 Å². The van der Waals surface area contributed by atoms with Gasteiger partial charge in [0.1, 0.15) is 5.52 Å². The molecule has 0 spiro atoms. The number of para-hydroxylation sites is 1. The fraction of sp³-hybridized carbons (Fsp3) is 0.0556. The Morgan fingerprint density at radius 2 is 1.70 bits per heavy atom. The second-order valence-corrected chi connectivity index (χ2v) is 5.40. The number of aromatic amines is 1. The average Bonchev–Trinajstić information content (AvgIpc) is 2.59. The van der Waals surface area contributed by atoms with E-state index in [-0.39, 0.29) is 16.6 Å². The number of nitrogens with one attached hydrogen (secondary N) is 1. The molecule has 1 N–H and O–H groups in total. The lowest BCUT2D eigenvalue weighted by molar-refractivity contribution is 0.636. The predicted octanol–water partition coefficient (Wildman–Crippen LogP) is 2.29. The summed E-state index contributed by atoms with van der Waals surface area (Å²) in [6.07, 6.45) is 0. The largest absolute Gasteiger partial charge is 0.289 e. The number of benzene rings is 2. The van der Waals surface area contributed by atoms with Gasteiger partial charge in [-0.3, -0.25) is 14.7 Å². The summed E-state index contributed by atoms with van der Waals surface area (Å²) in [7, 11) is 0. The van der Waals surface area contributed by atoms with Crippen LogP contribution in [-0.2, 0) is 6.54 Å². The van der Waals surface area contributed by atoms with Crippen LogP contribution in [0.1, 0.15) is 5.56 Å². The van der Waals surface area contributed by atoms with Gasteiger partial charge >= 0.3 is 0 Å². The molecule has 0 aliphatic rings. The fourth-order valence-corrected chi connectivity index (χ4v) is 2.70. The fourth-order valence-electron chi connectivity index (χ4n) is 2.70. The van der Waals surface area contributed by atoms with Crippen LogP contribution in [0.2, 0.25) is 0 Å². The maximum Gasteiger partial charge on any atom is 0.289 e. The van der Waals surface area contributed by atoms with Gasteiger partial charge < -0.3 is 0 Å². The minimum absolute atomic E-state index is 0.179. The molecule has 0 unspecified atom stereocenters. The van der Waals surface area contributed by atoms with Gasteiger partial charge in [0.15, 0.2) is 0 Å². The molecule has 5 nitrogen and oxygen atoms in total. The first-order valence-electron chi connectivity index (χ1n) is 7.29. The predicted molar refractivity (Wildman–Crippen MR) is 89.7 cm³/mol. The van der Waals surface area contributed by atoms with Gasteiger partial charge in [-0.25, -0.2) is 9.67 Å². The lowest BCUT2D eigenvalue weighted by Gasteiger charge is -2.07. The highest BCUT2D eigenvalue weighted by atomic mass is 16.2. The Morgan fingerprint density at radius 3 is 2.52 bits per heavy atom. The Hall–Kier alpha value is -3.21. The normalized spacial score (nSPS) is 11.1. The topological polar surface area (TPSA) is 67.8 Å². The van der Waals surface area contributed by atoms with Crippen molar-refractivity contribution in [3.63, 3.8) is 0 Å². The van der Waals surface area contributed by atoms with Crippen LogP contribution in [0.5, 0.6) is 0 Å². The second kappa shape index (κ2) is 5.21. The second-order valence-electron chi connectivity index (χ2n) is 5.40. The maximum atomic E-state index is 12.7. The lowest BCUT2D eigenvalue weighted by atomic mass is 10.1. The highest BCUT2D eigenvalue weighted by Crippen LogP contribution is 2.14. The molecule has 2 aromatic carbocycles. The highest BCUT2D eigenvalue weighted by molar-refractivity contribution is 5.91. The third-order valence-electron chi connectivity index (χ3n) is 3.83. The first-order valence-corrected chi connectivity index (χ1v) is 7.29. The molecule has 4 rings (SSSR count). The van der Waals surface area contributed by atoms with Crippen molar-refractivity contribution in [2.75, 3.05) is 0 Å². The third-order valence-corrected chi connectivity index (χ3v) is 3.83. The molecule has 0 saturated heterocycles. The molecule has 0 radical (unpaired) electrons. The number of hydrogen-bond acceptors (Lipinski definition) is 3. The molecular weight excluding hydrogens is 290 g/mol. The number of nitrogens with zero attached hydrogens (tertiary/aromatic N) is 2. The molecule has 2 heterocycles. The van der Waals surface area contributed by atoms with Crippen molar-refractivity contribution in [1.82, 2.24) is 14.8 Å². The van der Waals surface area contributed by atoms with Crippen LogP contribution in [-0.4, -0.2) is 14.8 Å². The van der Waals surface area contributed by atoms with Crippen molar-refractivity contribution < 1.29 is 0 Å². The molecule has 4 aromatic rings. The smallest absolute Gasteiger partial charge is 0.267 e. The molecule has 0 bridgehead atoms. The van der Waals surface area contributed by atoms with Crippen LogP contribution in [0.3, 0.4) is 0 Å². The van der Waals surface area contributed by atoms with Crippen molar-refractivity contribution in [1.29, 1.82) is 0 Å². The molecule has 0 amide bonds. The van der Waals surface area contributed by atoms with Gasteiger partial charge in [0, 0.05) is 5.39 Å². The van der Waals surface area contributed by atoms with Crippen molar-refractivity contribution in [3.05, 3.63) is 86.9 Å². The van der Waals surface area contributed by atoms with Gasteiger partial charge in [-0.05, 0) is 17.7 Å². The number of fused-ring (bicyclic) bond motifs is 2. The number of rotatable bonds is 2. The molecule has 0 atom stereocenters. The van der Waals surface area contributed by atoms with E-state index >= 15 is 0 Å². The van der Waals surface area contributed by atoms with E-state index in [1.165, 1.54) is 4.68 Å². The Kier molecular flexibility index (Phi) is 3.05. The summed E-state index contributed by atoms with van der Waals surface area (Å²) in [6, 6.07) is 18.7. The Labute approximate surface area is 130 Å². The maximum absolute atomic E-state index is 12.7. The average molecular weight is 303 g/mol. The zero-order valence-electron chi connectivity index (χ0n) is 12.2. The first-order chi connectivity index (χ1) is 11.2. The van der Waals surface area contributed by atoms with E-state index in [0.717, 1.165) is 10.9 Å². The molecule has 0 aliphatic carbocycles. The van der Waals surface area contributed by atoms with E-state index in [0.29, 0.717) is 17.4 Å². The van der Waals surface area contributed by atoms with Crippen LogP contribution >= 0.6 is 0 Å². The third kappa shape index (κ3) is 2.32. The Bertz CT molecular complexity index is 1130. The molecule has 112 valence electrons. The van der Waals surface area contributed by atoms with E-state index in [9.17, 15) is 9.59 Å². The van der Waals surface area contributed by atoms with Gasteiger partial charge in [0.05, 0.1) is 17.4 Å². The van der Waals surface area contributed by atoms with E-state index in [1.54, 1.807) is 6.07 Å².